The van der Waals surface area contributed by atoms with Crippen molar-refractivity contribution in [3.63, 3.8) is 0 Å². The zero-order chi connectivity index (χ0) is 21.3. The van der Waals surface area contributed by atoms with Crippen LogP contribution in [-0.2, 0) is 9.59 Å². The van der Waals surface area contributed by atoms with Gasteiger partial charge in [0.05, 0.1) is 11.6 Å². The van der Waals surface area contributed by atoms with Gasteiger partial charge in [-0.1, -0.05) is 45.8 Å². The molecule has 29 heavy (non-hydrogen) atoms. The third kappa shape index (κ3) is 4.28. The number of hydrogen-bond acceptors (Lipinski definition) is 4. The molecular formula is C23H25BrN2O3. The minimum atomic E-state index is -0.646. The molecule has 2 aromatic carbocycles. The number of Topliss-reactive ketones (excluding diaryl/α,β-unsaturated/α-hetero) is 1. The minimum absolute atomic E-state index is 0.123. The molecule has 5 nitrogen and oxygen atoms in total. The smallest absolute Gasteiger partial charge is 0.295 e. The molecular weight excluding hydrogens is 432 g/mol. The number of halogens is 1. The van der Waals surface area contributed by atoms with Crippen LogP contribution in [0.2, 0.25) is 0 Å². The Morgan fingerprint density at radius 2 is 1.86 bits per heavy atom. The monoisotopic (exact) mass is 456 g/mol. The molecule has 152 valence electrons. The van der Waals surface area contributed by atoms with Crippen LogP contribution >= 0.6 is 15.9 Å². The van der Waals surface area contributed by atoms with Crippen molar-refractivity contribution >= 4 is 33.4 Å². The summed E-state index contributed by atoms with van der Waals surface area (Å²) < 4.78 is 0.847. The molecule has 0 aromatic heterocycles. The van der Waals surface area contributed by atoms with Crippen LogP contribution in [0.25, 0.3) is 5.76 Å². The molecule has 1 saturated heterocycles. The van der Waals surface area contributed by atoms with E-state index in [1.165, 1.54) is 0 Å². The molecule has 0 radical (unpaired) electrons. The van der Waals surface area contributed by atoms with Crippen molar-refractivity contribution < 1.29 is 14.7 Å². The SMILES string of the molecule is Cc1ccc(C)c(C(O)=C2C(=O)C(=O)N(CCN(C)C)[C@@H]2c2cccc(Br)c2)c1. The topological polar surface area (TPSA) is 60.9 Å². The number of aliphatic hydroxyl groups is 1. The standard InChI is InChI=1S/C23H25BrN2O3/c1-14-8-9-15(2)18(12-14)21(27)19-20(16-6-5-7-17(24)13-16)26(11-10-25(3)4)23(29)22(19)28/h5-9,12-13,20,27H,10-11H2,1-4H3/t20-/m1/s1. The second kappa shape index (κ2) is 8.51. The van der Waals surface area contributed by atoms with E-state index in [1.807, 2.05) is 75.3 Å². The summed E-state index contributed by atoms with van der Waals surface area (Å²) in [6.45, 7) is 4.81. The van der Waals surface area contributed by atoms with E-state index in [0.29, 0.717) is 18.7 Å². The molecule has 0 bridgehead atoms. The van der Waals surface area contributed by atoms with Gasteiger partial charge in [0.2, 0.25) is 0 Å². The summed E-state index contributed by atoms with van der Waals surface area (Å²) in [5.74, 6) is -1.35. The molecule has 1 heterocycles. The maximum atomic E-state index is 13.0. The van der Waals surface area contributed by atoms with E-state index in [4.69, 9.17) is 0 Å². The summed E-state index contributed by atoms with van der Waals surface area (Å²) in [6.07, 6.45) is 0. The zero-order valence-electron chi connectivity index (χ0n) is 17.1. The van der Waals surface area contributed by atoms with E-state index in [-0.39, 0.29) is 11.3 Å². The Bertz CT molecular complexity index is 997. The van der Waals surface area contributed by atoms with Crippen LogP contribution in [-0.4, -0.2) is 53.8 Å². The van der Waals surface area contributed by atoms with Crippen molar-refractivity contribution in [2.75, 3.05) is 27.2 Å². The largest absolute Gasteiger partial charge is 0.507 e. The van der Waals surface area contributed by atoms with Gasteiger partial charge in [-0.15, -0.1) is 0 Å². The number of amides is 1. The summed E-state index contributed by atoms with van der Waals surface area (Å²) in [7, 11) is 3.83. The van der Waals surface area contributed by atoms with Gasteiger partial charge in [-0.05, 0) is 57.3 Å². The van der Waals surface area contributed by atoms with Crippen LogP contribution in [0.1, 0.15) is 28.3 Å². The highest BCUT2D eigenvalue weighted by Crippen LogP contribution is 2.40. The predicted molar refractivity (Wildman–Crippen MR) is 118 cm³/mol. The number of carbonyl (C=O) groups excluding carboxylic acids is 2. The third-order valence-corrected chi connectivity index (χ3v) is 5.63. The molecule has 1 atom stereocenters. The first kappa shape index (κ1) is 21.3. The van der Waals surface area contributed by atoms with E-state index in [9.17, 15) is 14.7 Å². The molecule has 1 amide bonds. The highest BCUT2D eigenvalue weighted by Gasteiger charge is 2.46. The van der Waals surface area contributed by atoms with Crippen molar-refractivity contribution in [3.8, 4) is 0 Å². The first-order chi connectivity index (χ1) is 13.7. The highest BCUT2D eigenvalue weighted by molar-refractivity contribution is 9.10. The molecule has 0 saturated carbocycles. The van der Waals surface area contributed by atoms with Gasteiger partial charge in [0.25, 0.3) is 11.7 Å². The summed E-state index contributed by atoms with van der Waals surface area (Å²) in [5.41, 5.74) is 3.32. The Labute approximate surface area is 179 Å². The number of aryl methyl sites for hydroxylation is 2. The molecule has 1 aliphatic heterocycles. The minimum Gasteiger partial charge on any atom is -0.507 e. The zero-order valence-corrected chi connectivity index (χ0v) is 18.7. The molecule has 2 aromatic rings. The lowest BCUT2D eigenvalue weighted by atomic mass is 9.93. The fourth-order valence-electron chi connectivity index (χ4n) is 3.58. The van der Waals surface area contributed by atoms with Crippen molar-refractivity contribution in [2.24, 2.45) is 0 Å². The quantitative estimate of drug-likeness (QED) is 0.418. The molecule has 0 unspecified atom stereocenters. The Morgan fingerprint density at radius 1 is 1.14 bits per heavy atom. The number of aliphatic hydroxyl groups excluding tert-OH is 1. The highest BCUT2D eigenvalue weighted by atomic mass is 79.9. The van der Waals surface area contributed by atoms with Crippen LogP contribution in [0.5, 0.6) is 0 Å². The lowest BCUT2D eigenvalue weighted by molar-refractivity contribution is -0.140. The predicted octanol–water partition coefficient (Wildman–Crippen LogP) is 4.05. The molecule has 3 rings (SSSR count). The van der Waals surface area contributed by atoms with E-state index in [2.05, 4.69) is 15.9 Å². The van der Waals surface area contributed by atoms with Crippen LogP contribution in [0, 0.1) is 13.8 Å². The molecule has 0 spiro atoms. The van der Waals surface area contributed by atoms with Crippen molar-refractivity contribution in [2.45, 2.75) is 19.9 Å². The Kier molecular flexibility index (Phi) is 6.24. The second-order valence-corrected chi connectivity index (χ2v) is 8.58. The number of ketones is 1. The second-order valence-electron chi connectivity index (χ2n) is 7.67. The maximum Gasteiger partial charge on any atom is 0.295 e. The number of carbonyl (C=O) groups is 2. The average molecular weight is 457 g/mol. The van der Waals surface area contributed by atoms with Gasteiger partial charge in [-0.3, -0.25) is 9.59 Å². The normalized spacial score (nSPS) is 18.7. The number of benzene rings is 2. The number of hydrogen-bond donors (Lipinski definition) is 1. The van der Waals surface area contributed by atoms with Gasteiger partial charge in [0.15, 0.2) is 0 Å². The van der Waals surface area contributed by atoms with Crippen molar-refractivity contribution in [1.82, 2.24) is 9.80 Å². The fourth-order valence-corrected chi connectivity index (χ4v) is 3.99. The lowest BCUT2D eigenvalue weighted by Crippen LogP contribution is -2.35. The molecule has 0 aliphatic carbocycles. The van der Waals surface area contributed by atoms with Gasteiger partial charge in [-0.2, -0.15) is 0 Å². The Morgan fingerprint density at radius 3 is 2.52 bits per heavy atom. The van der Waals surface area contributed by atoms with Gasteiger partial charge in [-0.25, -0.2) is 0 Å². The van der Waals surface area contributed by atoms with Crippen LogP contribution in [0.3, 0.4) is 0 Å². The Balaban J connectivity index is 2.20. The number of nitrogens with zero attached hydrogens (tertiary/aromatic N) is 2. The van der Waals surface area contributed by atoms with Crippen LogP contribution < -0.4 is 0 Å². The van der Waals surface area contributed by atoms with E-state index < -0.39 is 17.7 Å². The van der Waals surface area contributed by atoms with Gasteiger partial charge < -0.3 is 14.9 Å². The van der Waals surface area contributed by atoms with Crippen LogP contribution in [0.4, 0.5) is 0 Å². The number of likely N-dealkylation sites (N-methyl/N-ethyl adjacent to an activating group) is 1. The molecule has 6 heteroatoms. The molecule has 1 fully saturated rings. The number of rotatable bonds is 5. The fraction of sp³-hybridized carbons (Fsp3) is 0.304. The van der Waals surface area contributed by atoms with E-state index >= 15 is 0 Å². The third-order valence-electron chi connectivity index (χ3n) is 5.14. The van der Waals surface area contributed by atoms with Crippen molar-refractivity contribution in [1.29, 1.82) is 0 Å². The van der Waals surface area contributed by atoms with Crippen molar-refractivity contribution in [3.05, 3.63) is 74.8 Å². The summed E-state index contributed by atoms with van der Waals surface area (Å²) >= 11 is 3.47. The lowest BCUT2D eigenvalue weighted by Gasteiger charge is -2.26. The van der Waals surface area contributed by atoms with Crippen LogP contribution in [0.15, 0.2) is 52.5 Å². The average Bonchev–Trinajstić information content (AvgIpc) is 2.92. The van der Waals surface area contributed by atoms with E-state index in [0.717, 1.165) is 21.2 Å². The van der Waals surface area contributed by atoms with E-state index in [1.54, 1.807) is 4.90 Å². The van der Waals surface area contributed by atoms with Gasteiger partial charge >= 0.3 is 0 Å². The summed E-state index contributed by atoms with van der Waals surface area (Å²) in [5, 5.41) is 11.2. The molecule has 1 N–H and O–H groups in total. The number of likely N-dealkylation sites (tertiary alicyclic amines) is 1. The summed E-state index contributed by atoms with van der Waals surface area (Å²) in [4.78, 5) is 29.4. The maximum absolute atomic E-state index is 13.0. The Hall–Kier alpha value is -2.44. The summed E-state index contributed by atoms with van der Waals surface area (Å²) in [6, 6.07) is 12.6. The van der Waals surface area contributed by atoms with Gasteiger partial charge in [0.1, 0.15) is 5.76 Å². The molecule has 1 aliphatic rings. The first-order valence-electron chi connectivity index (χ1n) is 9.47. The van der Waals surface area contributed by atoms with Gasteiger partial charge in [0, 0.05) is 23.1 Å². The first-order valence-corrected chi connectivity index (χ1v) is 10.3.